The van der Waals surface area contributed by atoms with E-state index in [1.54, 1.807) is 55.5 Å². The molecule has 3 aromatic rings. The van der Waals surface area contributed by atoms with Gasteiger partial charge in [0, 0.05) is 24.5 Å². The molecule has 0 heterocycles. The minimum Gasteiger partial charge on any atom is -0.495 e. The minimum atomic E-state index is -3.89. The van der Waals surface area contributed by atoms with Gasteiger partial charge in [0.25, 0.3) is 0 Å². The lowest BCUT2D eigenvalue weighted by Gasteiger charge is -2.33. The van der Waals surface area contributed by atoms with E-state index in [1.165, 1.54) is 12.0 Å². The van der Waals surface area contributed by atoms with Gasteiger partial charge in [0.1, 0.15) is 18.3 Å². The van der Waals surface area contributed by atoms with Gasteiger partial charge in [0.15, 0.2) is 0 Å². The highest BCUT2D eigenvalue weighted by atomic mass is 35.5. The second-order valence-corrected chi connectivity index (χ2v) is 11.0. The zero-order valence-corrected chi connectivity index (χ0v) is 23.2. The lowest BCUT2D eigenvalue weighted by atomic mass is 10.0. The van der Waals surface area contributed by atoms with Crippen LogP contribution in [0.2, 0.25) is 5.02 Å². The third kappa shape index (κ3) is 7.72. The number of para-hydroxylation sites is 2. The van der Waals surface area contributed by atoms with Gasteiger partial charge in [0.05, 0.1) is 19.1 Å². The molecule has 0 aliphatic heterocycles. The summed E-state index contributed by atoms with van der Waals surface area (Å²) in [5.41, 5.74) is 1.79. The third-order valence-corrected chi connectivity index (χ3v) is 7.26. The van der Waals surface area contributed by atoms with E-state index in [0.717, 1.165) is 16.1 Å². The maximum atomic E-state index is 14.0. The van der Waals surface area contributed by atoms with Crippen molar-refractivity contribution < 1.29 is 22.7 Å². The number of anilines is 1. The summed E-state index contributed by atoms with van der Waals surface area (Å²) in [6.07, 6.45) is 1.27. The van der Waals surface area contributed by atoms with Crippen molar-refractivity contribution >= 4 is 39.1 Å². The molecule has 202 valence electrons. The molecule has 0 saturated heterocycles. The average molecular weight is 558 g/mol. The number of likely N-dealkylation sites (N-methyl/N-ethyl adjacent to an activating group) is 1. The Bertz CT molecular complexity index is 1350. The van der Waals surface area contributed by atoms with Crippen LogP contribution in [0.1, 0.15) is 18.1 Å². The van der Waals surface area contributed by atoms with Gasteiger partial charge >= 0.3 is 0 Å². The van der Waals surface area contributed by atoms with E-state index in [1.807, 2.05) is 30.3 Å². The number of nitrogens with zero attached hydrogens (tertiary/aromatic N) is 2. The van der Waals surface area contributed by atoms with Crippen LogP contribution in [0.4, 0.5) is 5.69 Å². The summed E-state index contributed by atoms with van der Waals surface area (Å²) in [4.78, 5) is 28.7. The van der Waals surface area contributed by atoms with Crippen molar-refractivity contribution in [2.75, 3.05) is 30.8 Å². The monoisotopic (exact) mass is 557 g/mol. The topological polar surface area (TPSA) is 96.0 Å². The van der Waals surface area contributed by atoms with Gasteiger partial charge in [-0.15, -0.1) is 0 Å². The minimum absolute atomic E-state index is 0.0531. The van der Waals surface area contributed by atoms with Crippen molar-refractivity contribution in [3.63, 3.8) is 0 Å². The second kappa shape index (κ2) is 13.3. The lowest BCUT2D eigenvalue weighted by Crippen LogP contribution is -2.53. The Kier molecular flexibility index (Phi) is 10.2. The Balaban J connectivity index is 2.06. The number of benzene rings is 3. The second-order valence-electron chi connectivity index (χ2n) is 8.69. The van der Waals surface area contributed by atoms with Crippen LogP contribution in [0.25, 0.3) is 0 Å². The number of amides is 2. The summed E-state index contributed by atoms with van der Waals surface area (Å²) >= 11 is 6.20. The van der Waals surface area contributed by atoms with Crippen LogP contribution in [0.5, 0.6) is 5.75 Å². The number of ether oxygens (including phenoxy) is 1. The van der Waals surface area contributed by atoms with E-state index in [0.29, 0.717) is 22.9 Å². The molecule has 1 atom stereocenters. The number of methoxy groups -OCH3 is 1. The normalized spacial score (nSPS) is 11.9. The molecule has 0 aromatic heterocycles. The predicted molar refractivity (Wildman–Crippen MR) is 150 cm³/mol. The molecule has 10 heteroatoms. The first-order valence-corrected chi connectivity index (χ1v) is 14.3. The summed E-state index contributed by atoms with van der Waals surface area (Å²) in [6.45, 7) is 1.70. The maximum Gasteiger partial charge on any atom is 0.244 e. The molecule has 0 saturated carbocycles. The van der Waals surface area contributed by atoms with E-state index in [2.05, 4.69) is 5.32 Å². The molecule has 8 nitrogen and oxygen atoms in total. The van der Waals surface area contributed by atoms with Crippen molar-refractivity contribution in [2.45, 2.75) is 25.9 Å². The molecule has 1 N–H and O–H groups in total. The lowest BCUT2D eigenvalue weighted by molar-refractivity contribution is -0.140. The van der Waals surface area contributed by atoms with E-state index in [9.17, 15) is 18.0 Å². The summed E-state index contributed by atoms with van der Waals surface area (Å²) < 4.78 is 32.1. The quantitative estimate of drug-likeness (QED) is 0.364. The Morgan fingerprint density at radius 2 is 1.63 bits per heavy atom. The molecule has 0 bridgehead atoms. The Morgan fingerprint density at radius 3 is 2.26 bits per heavy atom. The molecule has 0 spiro atoms. The van der Waals surface area contributed by atoms with E-state index in [4.69, 9.17) is 16.3 Å². The summed E-state index contributed by atoms with van der Waals surface area (Å²) in [5.74, 6) is -0.583. The molecule has 0 aliphatic rings. The SMILES string of the molecule is CCNC(=O)C(Cc1ccccc1)N(Cc1cccc(Cl)c1)C(=O)CN(c1ccccc1OC)S(C)(=O)=O. The molecule has 1 unspecified atom stereocenters. The number of halogens is 1. The number of carbonyl (C=O) groups excluding carboxylic acids is 2. The van der Waals surface area contributed by atoms with Crippen LogP contribution in [-0.2, 0) is 32.6 Å². The van der Waals surface area contributed by atoms with E-state index < -0.39 is 28.5 Å². The number of carbonyl (C=O) groups is 2. The predicted octanol–water partition coefficient (Wildman–Crippen LogP) is 3.89. The molecule has 2 amide bonds. The van der Waals surface area contributed by atoms with Crippen LogP contribution in [-0.4, -0.2) is 57.6 Å². The number of rotatable bonds is 12. The van der Waals surface area contributed by atoms with Crippen LogP contribution in [0.3, 0.4) is 0 Å². The van der Waals surface area contributed by atoms with Gasteiger partial charge < -0.3 is 15.0 Å². The average Bonchev–Trinajstić information content (AvgIpc) is 2.89. The fourth-order valence-electron chi connectivity index (χ4n) is 4.11. The molecular weight excluding hydrogens is 526 g/mol. The fraction of sp³-hybridized carbons (Fsp3) is 0.286. The van der Waals surface area contributed by atoms with Gasteiger partial charge in [-0.25, -0.2) is 8.42 Å². The Morgan fingerprint density at radius 1 is 0.974 bits per heavy atom. The van der Waals surface area contributed by atoms with Gasteiger partial charge in [0.2, 0.25) is 21.8 Å². The third-order valence-electron chi connectivity index (χ3n) is 5.90. The largest absolute Gasteiger partial charge is 0.495 e. The first kappa shape index (κ1) is 29.0. The van der Waals surface area contributed by atoms with Gasteiger partial charge in [-0.05, 0) is 42.3 Å². The molecular formula is C28H32ClN3O5S. The maximum absolute atomic E-state index is 14.0. The Labute approximate surface area is 229 Å². The Hall–Kier alpha value is -3.56. The number of hydrogen-bond acceptors (Lipinski definition) is 5. The highest BCUT2D eigenvalue weighted by molar-refractivity contribution is 7.92. The molecule has 0 fully saturated rings. The summed E-state index contributed by atoms with van der Waals surface area (Å²) in [7, 11) is -2.46. The first-order chi connectivity index (χ1) is 18.1. The van der Waals surface area contributed by atoms with E-state index in [-0.39, 0.29) is 24.6 Å². The van der Waals surface area contributed by atoms with Crippen molar-refractivity contribution in [2.24, 2.45) is 0 Å². The molecule has 38 heavy (non-hydrogen) atoms. The zero-order chi connectivity index (χ0) is 27.7. The summed E-state index contributed by atoms with van der Waals surface area (Å²) in [6, 6.07) is 22.0. The molecule has 0 aliphatic carbocycles. The number of hydrogen-bond donors (Lipinski definition) is 1. The zero-order valence-electron chi connectivity index (χ0n) is 21.6. The van der Waals surface area contributed by atoms with Crippen molar-refractivity contribution in [3.8, 4) is 5.75 Å². The number of sulfonamides is 1. The van der Waals surface area contributed by atoms with Crippen LogP contribution in [0, 0.1) is 0 Å². The highest BCUT2D eigenvalue weighted by Gasteiger charge is 2.33. The fourth-order valence-corrected chi connectivity index (χ4v) is 5.17. The van der Waals surface area contributed by atoms with Crippen LogP contribution in [0.15, 0.2) is 78.9 Å². The summed E-state index contributed by atoms with van der Waals surface area (Å²) in [5, 5.41) is 3.31. The van der Waals surface area contributed by atoms with Gasteiger partial charge in [-0.2, -0.15) is 0 Å². The number of nitrogens with one attached hydrogen (secondary N) is 1. The van der Waals surface area contributed by atoms with Gasteiger partial charge in [-0.1, -0.05) is 66.2 Å². The van der Waals surface area contributed by atoms with Crippen LogP contribution >= 0.6 is 11.6 Å². The highest BCUT2D eigenvalue weighted by Crippen LogP contribution is 2.30. The molecule has 0 radical (unpaired) electrons. The molecule has 3 rings (SSSR count). The smallest absolute Gasteiger partial charge is 0.244 e. The van der Waals surface area contributed by atoms with Gasteiger partial charge in [-0.3, -0.25) is 13.9 Å². The van der Waals surface area contributed by atoms with Crippen molar-refractivity contribution in [1.29, 1.82) is 0 Å². The molecule has 3 aromatic carbocycles. The van der Waals surface area contributed by atoms with Crippen molar-refractivity contribution in [3.05, 3.63) is 95.0 Å². The standard InChI is InChI=1S/C28H32ClN3O5S/c1-4-30-28(34)25(18-21-11-6-5-7-12-21)31(19-22-13-10-14-23(29)17-22)27(33)20-32(38(3,35)36)24-15-8-9-16-26(24)37-2/h5-17,25H,4,18-20H2,1-3H3,(H,30,34). The van der Waals surface area contributed by atoms with Crippen LogP contribution < -0.4 is 14.4 Å². The van der Waals surface area contributed by atoms with Crippen molar-refractivity contribution in [1.82, 2.24) is 10.2 Å². The first-order valence-electron chi connectivity index (χ1n) is 12.1. The van der Waals surface area contributed by atoms with E-state index >= 15 is 0 Å².